The van der Waals surface area contributed by atoms with Crippen LogP contribution in [0.15, 0.2) is 54.3 Å². The highest BCUT2D eigenvalue weighted by Crippen LogP contribution is 2.36. The molecular formula is C21H23ClO6. The Morgan fingerprint density at radius 3 is 2.43 bits per heavy atom. The lowest BCUT2D eigenvalue weighted by atomic mass is 9.91. The van der Waals surface area contributed by atoms with Gasteiger partial charge in [-0.15, -0.1) is 0 Å². The molecule has 0 bridgehead atoms. The zero-order chi connectivity index (χ0) is 20.3. The average molecular weight is 407 g/mol. The van der Waals surface area contributed by atoms with Crippen LogP contribution in [0.1, 0.15) is 22.8 Å². The van der Waals surface area contributed by atoms with Crippen LogP contribution < -0.4 is 4.74 Å². The summed E-state index contributed by atoms with van der Waals surface area (Å²) in [5.41, 5.74) is 2.46. The Morgan fingerprint density at radius 1 is 1.07 bits per heavy atom. The van der Waals surface area contributed by atoms with Gasteiger partial charge in [-0.25, -0.2) is 0 Å². The third kappa shape index (κ3) is 4.32. The Morgan fingerprint density at radius 2 is 1.79 bits per heavy atom. The summed E-state index contributed by atoms with van der Waals surface area (Å²) >= 11 is 6.35. The molecule has 150 valence electrons. The van der Waals surface area contributed by atoms with Crippen LogP contribution in [0.3, 0.4) is 0 Å². The zero-order valence-electron chi connectivity index (χ0n) is 15.3. The van der Waals surface area contributed by atoms with Crippen LogP contribution in [-0.2, 0) is 11.2 Å². The lowest BCUT2D eigenvalue weighted by molar-refractivity contribution is -0.158. The van der Waals surface area contributed by atoms with E-state index in [1.807, 2.05) is 24.3 Å². The highest BCUT2D eigenvalue weighted by atomic mass is 35.5. The van der Waals surface area contributed by atoms with Crippen LogP contribution in [0.2, 0.25) is 5.02 Å². The number of halogens is 1. The SMILES string of the molecule is COc1ccc(Cc2cc([C@@H]3O/C(=C\CO)[C@@H](O)C(O)[C@H]3O)ccc2Cl)cc1. The predicted octanol–water partition coefficient (Wildman–Crippen LogP) is 1.97. The van der Waals surface area contributed by atoms with Crippen LogP contribution in [0.4, 0.5) is 0 Å². The fourth-order valence-electron chi connectivity index (χ4n) is 3.21. The summed E-state index contributed by atoms with van der Waals surface area (Å²) in [6, 6.07) is 12.8. The maximum Gasteiger partial charge on any atom is 0.152 e. The molecule has 1 aliphatic heterocycles. The largest absolute Gasteiger partial charge is 0.497 e. The van der Waals surface area contributed by atoms with Gasteiger partial charge in [-0.2, -0.15) is 0 Å². The minimum Gasteiger partial charge on any atom is -0.497 e. The molecule has 4 N–H and O–H groups in total. The Bertz CT molecular complexity index is 835. The second kappa shape index (κ2) is 8.94. The maximum atomic E-state index is 10.4. The lowest BCUT2D eigenvalue weighted by Gasteiger charge is -2.37. The summed E-state index contributed by atoms with van der Waals surface area (Å²) in [5, 5.41) is 40.2. The van der Waals surface area contributed by atoms with Gasteiger partial charge in [0.1, 0.15) is 29.8 Å². The molecule has 28 heavy (non-hydrogen) atoms. The summed E-state index contributed by atoms with van der Waals surface area (Å²) in [7, 11) is 1.61. The second-order valence-corrected chi connectivity index (χ2v) is 7.04. The third-order valence-electron chi connectivity index (χ3n) is 4.78. The van der Waals surface area contributed by atoms with E-state index in [0.717, 1.165) is 16.9 Å². The molecule has 2 aromatic carbocycles. The molecule has 1 unspecified atom stereocenters. The van der Waals surface area contributed by atoms with E-state index < -0.39 is 24.4 Å². The van der Waals surface area contributed by atoms with Gasteiger partial charge >= 0.3 is 0 Å². The van der Waals surface area contributed by atoms with Gasteiger partial charge in [0.2, 0.25) is 0 Å². The van der Waals surface area contributed by atoms with E-state index >= 15 is 0 Å². The van der Waals surface area contributed by atoms with Crippen LogP contribution in [0, 0.1) is 0 Å². The van der Waals surface area contributed by atoms with Gasteiger partial charge in [0.05, 0.1) is 13.7 Å². The fraction of sp³-hybridized carbons (Fsp3) is 0.333. The number of methoxy groups -OCH3 is 1. The van der Waals surface area contributed by atoms with Crippen molar-refractivity contribution in [3.05, 3.63) is 76.0 Å². The molecule has 4 atom stereocenters. The summed E-state index contributed by atoms with van der Waals surface area (Å²) in [6.45, 7) is -0.356. The van der Waals surface area contributed by atoms with Crippen LogP contribution in [0.5, 0.6) is 5.75 Å². The molecule has 1 saturated heterocycles. The number of ether oxygens (including phenoxy) is 2. The van der Waals surface area contributed by atoms with Crippen molar-refractivity contribution < 1.29 is 29.9 Å². The van der Waals surface area contributed by atoms with E-state index in [0.29, 0.717) is 17.0 Å². The lowest BCUT2D eigenvalue weighted by Crippen LogP contribution is -2.48. The third-order valence-corrected chi connectivity index (χ3v) is 5.15. The Hall–Kier alpha value is -2.09. The standard InChI is InChI=1S/C21H23ClO6/c1-27-15-5-2-12(3-6-15)10-14-11-13(4-7-16(14)22)21-20(26)19(25)18(24)17(28-21)8-9-23/h2-8,11,18-21,23-26H,9-10H2,1H3/b17-8-/t18-,19?,20-,21+/m1/s1. The number of aliphatic hydroxyl groups is 4. The minimum atomic E-state index is -1.43. The molecule has 0 spiro atoms. The van der Waals surface area contributed by atoms with Gasteiger partial charge in [-0.1, -0.05) is 35.9 Å². The van der Waals surface area contributed by atoms with Crippen molar-refractivity contribution in [3.63, 3.8) is 0 Å². The van der Waals surface area contributed by atoms with Crippen molar-refractivity contribution in [1.82, 2.24) is 0 Å². The number of hydrogen-bond acceptors (Lipinski definition) is 6. The van der Waals surface area contributed by atoms with E-state index in [1.165, 1.54) is 6.08 Å². The number of aliphatic hydroxyl groups excluding tert-OH is 4. The van der Waals surface area contributed by atoms with E-state index in [9.17, 15) is 15.3 Å². The number of hydrogen-bond donors (Lipinski definition) is 4. The molecule has 1 fully saturated rings. The molecular weight excluding hydrogens is 384 g/mol. The van der Waals surface area contributed by atoms with Gasteiger partial charge in [-0.05, 0) is 47.4 Å². The van der Waals surface area contributed by atoms with Crippen molar-refractivity contribution in [3.8, 4) is 5.75 Å². The molecule has 0 aliphatic carbocycles. The normalized spacial score (nSPS) is 26.1. The van der Waals surface area contributed by atoms with E-state index in [-0.39, 0.29) is 12.4 Å². The van der Waals surface area contributed by atoms with Gasteiger partial charge in [0.25, 0.3) is 0 Å². The zero-order valence-corrected chi connectivity index (χ0v) is 16.1. The molecule has 0 amide bonds. The van der Waals surface area contributed by atoms with Gasteiger partial charge in [-0.3, -0.25) is 0 Å². The van der Waals surface area contributed by atoms with Gasteiger partial charge in [0, 0.05) is 5.02 Å². The first-order chi connectivity index (χ1) is 13.4. The highest BCUT2D eigenvalue weighted by Gasteiger charge is 2.41. The topological polar surface area (TPSA) is 99.4 Å². The molecule has 1 heterocycles. The van der Waals surface area contributed by atoms with Crippen LogP contribution in [0.25, 0.3) is 0 Å². The van der Waals surface area contributed by atoms with Crippen molar-refractivity contribution >= 4 is 11.6 Å². The second-order valence-electron chi connectivity index (χ2n) is 6.63. The van der Waals surface area contributed by atoms with E-state index in [2.05, 4.69) is 0 Å². The average Bonchev–Trinajstić information content (AvgIpc) is 2.71. The highest BCUT2D eigenvalue weighted by molar-refractivity contribution is 6.31. The predicted molar refractivity (Wildman–Crippen MR) is 104 cm³/mol. The minimum absolute atomic E-state index is 0.0250. The molecule has 2 aromatic rings. The summed E-state index contributed by atoms with van der Waals surface area (Å²) in [4.78, 5) is 0. The first kappa shape index (κ1) is 20.6. The summed E-state index contributed by atoms with van der Waals surface area (Å²) in [5.74, 6) is 0.787. The van der Waals surface area contributed by atoms with Gasteiger partial charge < -0.3 is 29.9 Å². The van der Waals surface area contributed by atoms with E-state index in [4.69, 9.17) is 26.2 Å². The number of benzene rings is 2. The molecule has 0 radical (unpaired) electrons. The number of rotatable bonds is 5. The molecule has 1 aliphatic rings. The smallest absolute Gasteiger partial charge is 0.152 e. The van der Waals surface area contributed by atoms with Crippen LogP contribution >= 0.6 is 11.6 Å². The summed E-state index contributed by atoms with van der Waals surface area (Å²) in [6.07, 6.45) is -3.24. The first-order valence-electron chi connectivity index (χ1n) is 8.87. The molecule has 6 nitrogen and oxygen atoms in total. The van der Waals surface area contributed by atoms with Crippen molar-refractivity contribution in [2.24, 2.45) is 0 Å². The van der Waals surface area contributed by atoms with Crippen molar-refractivity contribution in [1.29, 1.82) is 0 Å². The molecule has 3 rings (SSSR count). The quantitative estimate of drug-likeness (QED) is 0.606. The monoisotopic (exact) mass is 406 g/mol. The van der Waals surface area contributed by atoms with Crippen molar-refractivity contribution in [2.45, 2.75) is 30.8 Å². The Kier molecular flexibility index (Phi) is 6.59. The Labute approximate surface area is 168 Å². The fourth-order valence-corrected chi connectivity index (χ4v) is 3.40. The van der Waals surface area contributed by atoms with Crippen molar-refractivity contribution in [2.75, 3.05) is 13.7 Å². The van der Waals surface area contributed by atoms with Crippen LogP contribution in [-0.4, -0.2) is 52.5 Å². The summed E-state index contributed by atoms with van der Waals surface area (Å²) < 4.78 is 10.8. The van der Waals surface area contributed by atoms with Gasteiger partial charge in [0.15, 0.2) is 6.10 Å². The first-order valence-corrected chi connectivity index (χ1v) is 9.25. The van der Waals surface area contributed by atoms with E-state index in [1.54, 1.807) is 25.3 Å². The maximum absolute atomic E-state index is 10.4. The molecule has 0 saturated carbocycles. The molecule has 0 aromatic heterocycles. The molecule has 7 heteroatoms. The Balaban J connectivity index is 1.88.